The van der Waals surface area contributed by atoms with Gasteiger partial charge in [-0.2, -0.15) is 5.10 Å². The smallest absolute Gasteiger partial charge is 0.292 e. The second-order valence-electron chi connectivity index (χ2n) is 7.54. The minimum atomic E-state index is -0.442. The van der Waals surface area contributed by atoms with Crippen LogP contribution in [-0.2, 0) is 19.6 Å². The Morgan fingerprint density at radius 1 is 1.18 bits per heavy atom. The first kappa shape index (κ1) is 22.6. The monoisotopic (exact) mass is 467 g/mol. The Morgan fingerprint density at radius 2 is 1.97 bits per heavy atom. The lowest BCUT2D eigenvalue weighted by Gasteiger charge is -2.07. The molecule has 0 aliphatic rings. The number of furan rings is 1. The number of hydrogen-bond acceptors (Lipinski definition) is 4. The van der Waals surface area contributed by atoms with Gasteiger partial charge in [0.15, 0.2) is 11.6 Å². The van der Waals surface area contributed by atoms with Crippen LogP contribution in [0, 0.1) is 12.7 Å². The van der Waals surface area contributed by atoms with E-state index in [-0.39, 0.29) is 18.9 Å². The third-order valence-corrected chi connectivity index (χ3v) is 5.54. The van der Waals surface area contributed by atoms with E-state index in [9.17, 15) is 9.18 Å². The van der Waals surface area contributed by atoms with E-state index in [1.807, 2.05) is 31.2 Å². The summed E-state index contributed by atoms with van der Waals surface area (Å²) in [7, 11) is 0. The molecule has 0 aliphatic carbocycles. The van der Waals surface area contributed by atoms with Gasteiger partial charge in [0.2, 0.25) is 0 Å². The van der Waals surface area contributed by atoms with Crippen LogP contribution in [0.15, 0.2) is 65.1 Å². The molecule has 0 unspecified atom stereocenters. The summed E-state index contributed by atoms with van der Waals surface area (Å²) >= 11 is 6.11. The number of anilines is 1. The number of carbonyl (C=O) groups is 1. The van der Waals surface area contributed by atoms with E-state index in [0.717, 1.165) is 17.9 Å². The summed E-state index contributed by atoms with van der Waals surface area (Å²) < 4.78 is 27.0. The number of benzene rings is 2. The van der Waals surface area contributed by atoms with Crippen LogP contribution >= 0.6 is 11.6 Å². The molecule has 0 bridgehead atoms. The number of rotatable bonds is 8. The Hall–Kier alpha value is -3.58. The van der Waals surface area contributed by atoms with Crippen molar-refractivity contribution in [2.45, 2.75) is 33.4 Å². The highest BCUT2D eigenvalue weighted by atomic mass is 35.5. The fourth-order valence-corrected chi connectivity index (χ4v) is 3.52. The molecule has 33 heavy (non-hydrogen) atoms. The van der Waals surface area contributed by atoms with Gasteiger partial charge < -0.3 is 14.5 Å². The molecule has 0 saturated heterocycles. The summed E-state index contributed by atoms with van der Waals surface area (Å²) in [4.78, 5) is 12.6. The van der Waals surface area contributed by atoms with Crippen molar-refractivity contribution in [1.29, 1.82) is 0 Å². The van der Waals surface area contributed by atoms with E-state index in [2.05, 4.69) is 17.3 Å². The van der Waals surface area contributed by atoms with E-state index in [1.165, 1.54) is 11.6 Å². The van der Waals surface area contributed by atoms with E-state index < -0.39 is 11.7 Å². The first-order chi connectivity index (χ1) is 15.9. The molecule has 2 aromatic carbocycles. The van der Waals surface area contributed by atoms with Gasteiger partial charge in [0.1, 0.15) is 23.9 Å². The maximum Gasteiger partial charge on any atom is 0.292 e. The van der Waals surface area contributed by atoms with Gasteiger partial charge in [0.25, 0.3) is 5.91 Å². The van der Waals surface area contributed by atoms with E-state index in [4.69, 9.17) is 20.8 Å². The summed E-state index contributed by atoms with van der Waals surface area (Å²) in [5.74, 6) is 0.868. The number of aryl methyl sites for hydroxylation is 2. The van der Waals surface area contributed by atoms with Crippen LogP contribution in [0.4, 0.5) is 10.2 Å². The van der Waals surface area contributed by atoms with Crippen LogP contribution in [-0.4, -0.2) is 15.7 Å². The Kier molecular flexibility index (Phi) is 6.79. The van der Waals surface area contributed by atoms with Gasteiger partial charge in [0, 0.05) is 22.3 Å². The number of aromatic nitrogens is 2. The number of nitrogens with one attached hydrogen (secondary N) is 1. The zero-order valence-electron chi connectivity index (χ0n) is 18.3. The molecule has 0 saturated carbocycles. The molecular formula is C25H23ClFN3O3. The molecule has 4 rings (SSSR count). The number of hydrogen-bond donors (Lipinski definition) is 1. The fraction of sp³-hybridized carbons (Fsp3) is 0.200. The van der Waals surface area contributed by atoms with Gasteiger partial charge in [-0.3, -0.25) is 9.48 Å². The first-order valence-electron chi connectivity index (χ1n) is 10.5. The molecule has 2 heterocycles. The number of ether oxygens (including phenoxy) is 1. The Balaban J connectivity index is 1.37. The van der Waals surface area contributed by atoms with Crippen LogP contribution < -0.4 is 10.1 Å². The van der Waals surface area contributed by atoms with E-state index >= 15 is 0 Å². The van der Waals surface area contributed by atoms with Crippen molar-refractivity contribution < 1.29 is 18.3 Å². The van der Waals surface area contributed by atoms with Crippen LogP contribution in [0.1, 0.15) is 40.1 Å². The lowest BCUT2D eigenvalue weighted by Crippen LogP contribution is -2.12. The molecule has 1 amide bonds. The van der Waals surface area contributed by atoms with Crippen molar-refractivity contribution in [3.63, 3.8) is 0 Å². The van der Waals surface area contributed by atoms with Gasteiger partial charge in [-0.25, -0.2) is 4.39 Å². The number of nitrogens with zero attached hydrogens (tertiary/aromatic N) is 2. The standard InChI is InChI=1S/C25H23ClFN3O3/c1-3-17-7-9-18(10-8-17)32-15-19-11-12-23(33-19)25(31)28-24-13-16(2)30(29-24)14-20-21(26)5-4-6-22(20)27/h4-13H,3,14-15H2,1-2H3,(H,28,29,31). The summed E-state index contributed by atoms with van der Waals surface area (Å²) in [6.45, 7) is 4.26. The highest BCUT2D eigenvalue weighted by Gasteiger charge is 2.16. The second kappa shape index (κ2) is 9.92. The molecule has 8 heteroatoms. The van der Waals surface area contributed by atoms with Gasteiger partial charge in [-0.1, -0.05) is 36.7 Å². The van der Waals surface area contributed by atoms with E-state index in [1.54, 1.807) is 35.0 Å². The van der Waals surface area contributed by atoms with Crippen LogP contribution in [0.5, 0.6) is 5.75 Å². The van der Waals surface area contributed by atoms with Crippen LogP contribution in [0.2, 0.25) is 5.02 Å². The Labute approximate surface area is 195 Å². The highest BCUT2D eigenvalue weighted by molar-refractivity contribution is 6.31. The molecule has 0 fully saturated rings. The molecule has 4 aromatic rings. The maximum absolute atomic E-state index is 14.1. The number of carbonyl (C=O) groups excluding carboxylic acids is 1. The third-order valence-electron chi connectivity index (χ3n) is 5.19. The fourth-order valence-electron chi connectivity index (χ4n) is 3.30. The lowest BCUT2D eigenvalue weighted by atomic mass is 10.2. The minimum Gasteiger partial charge on any atom is -0.486 e. The minimum absolute atomic E-state index is 0.138. The van der Waals surface area contributed by atoms with Crippen molar-refractivity contribution in [2.24, 2.45) is 0 Å². The zero-order valence-corrected chi connectivity index (χ0v) is 19.0. The predicted molar refractivity (Wildman–Crippen MR) is 124 cm³/mol. The van der Waals surface area contributed by atoms with Crippen molar-refractivity contribution in [3.05, 3.63) is 99.8 Å². The second-order valence-corrected chi connectivity index (χ2v) is 7.94. The Bertz CT molecular complexity index is 1240. The molecule has 0 atom stereocenters. The predicted octanol–water partition coefficient (Wildman–Crippen LogP) is 6.02. The summed E-state index contributed by atoms with van der Waals surface area (Å²) in [6, 6.07) is 17.3. The van der Waals surface area contributed by atoms with E-state index in [0.29, 0.717) is 22.2 Å². The van der Waals surface area contributed by atoms with Crippen molar-refractivity contribution in [1.82, 2.24) is 9.78 Å². The zero-order chi connectivity index (χ0) is 23.4. The number of halogens is 2. The summed E-state index contributed by atoms with van der Waals surface area (Å²) in [6.07, 6.45) is 0.964. The third kappa shape index (κ3) is 5.43. The molecule has 1 N–H and O–H groups in total. The summed E-state index contributed by atoms with van der Waals surface area (Å²) in [5.41, 5.74) is 2.31. The average Bonchev–Trinajstić information content (AvgIpc) is 3.42. The van der Waals surface area contributed by atoms with Crippen molar-refractivity contribution in [2.75, 3.05) is 5.32 Å². The highest BCUT2D eigenvalue weighted by Crippen LogP contribution is 2.22. The summed E-state index contributed by atoms with van der Waals surface area (Å²) in [5, 5.41) is 7.37. The van der Waals surface area contributed by atoms with Gasteiger partial charge in [0.05, 0.1) is 6.54 Å². The number of amides is 1. The Morgan fingerprint density at radius 3 is 2.70 bits per heavy atom. The van der Waals surface area contributed by atoms with Gasteiger partial charge >= 0.3 is 0 Å². The molecule has 0 aliphatic heterocycles. The topological polar surface area (TPSA) is 69.3 Å². The largest absolute Gasteiger partial charge is 0.486 e. The quantitative estimate of drug-likeness (QED) is 0.344. The van der Waals surface area contributed by atoms with Crippen LogP contribution in [0.25, 0.3) is 0 Å². The molecule has 170 valence electrons. The first-order valence-corrected chi connectivity index (χ1v) is 10.9. The normalized spacial score (nSPS) is 10.9. The van der Waals surface area contributed by atoms with Gasteiger partial charge in [-0.05, 0) is 55.3 Å². The SMILES string of the molecule is CCc1ccc(OCc2ccc(C(=O)Nc3cc(C)n(Cc4c(F)cccc4Cl)n3)o2)cc1. The average molecular weight is 468 g/mol. The lowest BCUT2D eigenvalue weighted by molar-refractivity contribution is 0.0992. The molecule has 6 nitrogen and oxygen atoms in total. The molecular weight excluding hydrogens is 445 g/mol. The molecule has 0 radical (unpaired) electrons. The van der Waals surface area contributed by atoms with Crippen molar-refractivity contribution >= 4 is 23.3 Å². The molecule has 0 spiro atoms. The van der Waals surface area contributed by atoms with Gasteiger partial charge in [-0.15, -0.1) is 0 Å². The molecule has 2 aromatic heterocycles. The van der Waals surface area contributed by atoms with Crippen molar-refractivity contribution in [3.8, 4) is 5.75 Å². The van der Waals surface area contributed by atoms with Crippen LogP contribution in [0.3, 0.4) is 0 Å². The maximum atomic E-state index is 14.1.